The summed E-state index contributed by atoms with van der Waals surface area (Å²) in [5.74, 6) is 2.00. The van der Waals surface area contributed by atoms with Crippen LogP contribution in [-0.2, 0) is 0 Å². The largest absolute Gasteiger partial charge is 0.496 e. The third-order valence-corrected chi connectivity index (χ3v) is 5.66. The van der Waals surface area contributed by atoms with Gasteiger partial charge in [-0.25, -0.2) is 15.0 Å². The average Bonchev–Trinajstić information content (AvgIpc) is 2.91. The Morgan fingerprint density at radius 1 is 1.06 bits per heavy atom. The normalized spacial score (nSPS) is 11.7. The topological polar surface area (TPSA) is 142 Å². The van der Waals surface area contributed by atoms with E-state index in [0.717, 1.165) is 23.2 Å². The molecule has 3 rings (SSSR count). The molecule has 186 valence electrons. The van der Waals surface area contributed by atoms with Gasteiger partial charge in [-0.05, 0) is 42.2 Å². The molecule has 35 heavy (non-hydrogen) atoms. The summed E-state index contributed by atoms with van der Waals surface area (Å²) in [6.07, 6.45) is 4.01. The zero-order chi connectivity index (χ0) is 25.2. The van der Waals surface area contributed by atoms with E-state index in [1.54, 1.807) is 38.6 Å². The smallest absolute Gasteiger partial charge is 0.251 e. The summed E-state index contributed by atoms with van der Waals surface area (Å²) in [7, 11) is 3.21. The molecule has 0 saturated carbocycles. The first-order valence-corrected chi connectivity index (χ1v) is 11.4. The maximum absolute atomic E-state index is 11.9. The first-order chi connectivity index (χ1) is 17.0. The van der Waals surface area contributed by atoms with E-state index in [0.29, 0.717) is 29.5 Å². The number of benzene rings is 1. The molecule has 0 fully saturated rings. The lowest BCUT2D eigenvalue weighted by Crippen LogP contribution is -2.28. The lowest BCUT2D eigenvalue weighted by Gasteiger charge is -2.17. The van der Waals surface area contributed by atoms with E-state index < -0.39 is 6.04 Å². The van der Waals surface area contributed by atoms with Crippen molar-refractivity contribution < 1.29 is 19.7 Å². The van der Waals surface area contributed by atoms with Gasteiger partial charge < -0.3 is 30.9 Å². The van der Waals surface area contributed by atoms with E-state index in [4.69, 9.17) is 4.74 Å². The molecule has 1 aromatic carbocycles. The number of nitrogens with zero attached hydrogens (tertiary/aromatic N) is 3. The Morgan fingerprint density at radius 3 is 2.51 bits per heavy atom. The van der Waals surface area contributed by atoms with E-state index in [-0.39, 0.29) is 25.0 Å². The van der Waals surface area contributed by atoms with Crippen LogP contribution >= 0.6 is 0 Å². The number of methoxy groups -OCH3 is 1. The zero-order valence-electron chi connectivity index (χ0n) is 20.2. The molecule has 2 heterocycles. The van der Waals surface area contributed by atoms with Crippen LogP contribution in [0.25, 0.3) is 11.3 Å². The summed E-state index contributed by atoms with van der Waals surface area (Å²) >= 11 is 0. The van der Waals surface area contributed by atoms with Crippen LogP contribution in [0.15, 0.2) is 48.9 Å². The van der Waals surface area contributed by atoms with E-state index in [2.05, 4.69) is 37.8 Å². The molecule has 1 atom stereocenters. The van der Waals surface area contributed by atoms with Gasteiger partial charge in [-0.2, -0.15) is 0 Å². The molecule has 0 spiro atoms. The van der Waals surface area contributed by atoms with Gasteiger partial charge >= 0.3 is 0 Å². The van der Waals surface area contributed by atoms with Crippen molar-refractivity contribution in [3.05, 3.63) is 60.0 Å². The Kier molecular flexibility index (Phi) is 9.33. The SMILES string of the molecule is CNC(=O)c1ccc(C(C)CCNc2cc(-c3ccc(NC(CO)CO)nc3)ncn2)c(OC)c1. The van der Waals surface area contributed by atoms with Crippen LogP contribution in [-0.4, -0.2) is 71.0 Å². The van der Waals surface area contributed by atoms with Crippen LogP contribution in [0, 0.1) is 0 Å². The highest BCUT2D eigenvalue weighted by molar-refractivity contribution is 5.94. The van der Waals surface area contributed by atoms with Gasteiger partial charge in [0.05, 0.1) is 32.1 Å². The van der Waals surface area contributed by atoms with Crippen molar-refractivity contribution in [3.63, 3.8) is 0 Å². The number of hydrogen-bond acceptors (Lipinski definition) is 9. The molecule has 1 unspecified atom stereocenters. The number of carbonyl (C=O) groups excluding carboxylic acids is 1. The number of hydrogen-bond donors (Lipinski definition) is 5. The number of ether oxygens (including phenoxy) is 1. The highest BCUT2D eigenvalue weighted by Gasteiger charge is 2.14. The molecule has 2 aromatic heterocycles. The van der Waals surface area contributed by atoms with Crippen molar-refractivity contribution in [2.45, 2.75) is 25.3 Å². The van der Waals surface area contributed by atoms with Gasteiger partial charge in [0.15, 0.2) is 0 Å². The molecule has 0 bridgehead atoms. The van der Waals surface area contributed by atoms with Gasteiger partial charge in [0.2, 0.25) is 0 Å². The summed E-state index contributed by atoms with van der Waals surface area (Å²) in [5, 5.41) is 27.3. The third kappa shape index (κ3) is 6.87. The molecule has 10 nitrogen and oxygen atoms in total. The number of rotatable bonds is 12. The molecule has 0 saturated heterocycles. The molecule has 0 radical (unpaired) electrons. The van der Waals surface area contributed by atoms with Crippen LogP contribution in [0.4, 0.5) is 11.6 Å². The van der Waals surface area contributed by atoms with Crippen molar-refractivity contribution in [2.24, 2.45) is 0 Å². The fraction of sp³-hybridized carbons (Fsp3) is 0.360. The molecular weight excluding hydrogens is 448 g/mol. The van der Waals surface area contributed by atoms with Gasteiger partial charge in [-0.1, -0.05) is 13.0 Å². The Bertz CT molecular complexity index is 1110. The minimum absolute atomic E-state index is 0.149. The monoisotopic (exact) mass is 480 g/mol. The Hall–Kier alpha value is -3.76. The Balaban J connectivity index is 1.60. The number of anilines is 2. The first kappa shape index (κ1) is 25.9. The maximum atomic E-state index is 11.9. The fourth-order valence-corrected chi connectivity index (χ4v) is 3.58. The van der Waals surface area contributed by atoms with Gasteiger partial charge in [0, 0.05) is 37.0 Å². The van der Waals surface area contributed by atoms with Gasteiger partial charge in [0.1, 0.15) is 23.7 Å². The summed E-state index contributed by atoms with van der Waals surface area (Å²) in [5.41, 5.74) is 3.14. The van der Waals surface area contributed by atoms with Crippen molar-refractivity contribution in [3.8, 4) is 17.0 Å². The summed E-state index contributed by atoms with van der Waals surface area (Å²) in [6.45, 7) is 2.42. The molecule has 3 aromatic rings. The Labute approximate surface area is 204 Å². The number of nitrogens with one attached hydrogen (secondary N) is 3. The van der Waals surface area contributed by atoms with Crippen molar-refractivity contribution >= 4 is 17.5 Å². The van der Waals surface area contributed by atoms with E-state index in [1.165, 1.54) is 6.33 Å². The van der Waals surface area contributed by atoms with Crippen molar-refractivity contribution in [2.75, 3.05) is 44.5 Å². The lowest BCUT2D eigenvalue weighted by molar-refractivity contribution is 0.0962. The molecule has 0 aliphatic rings. The third-order valence-electron chi connectivity index (χ3n) is 5.66. The standard InChI is InChI=1S/C25H32N6O4/c1-16(20-6-4-17(25(34)26-2)10-22(20)35-3)8-9-27-24-11-21(29-15-30-24)18-5-7-23(28-12-18)31-19(13-32)14-33/h4-7,10-12,15-16,19,32-33H,8-9,13-14H2,1-3H3,(H,26,34)(H,28,31)(H,27,29,30). The lowest BCUT2D eigenvalue weighted by atomic mass is 9.95. The van der Waals surface area contributed by atoms with E-state index in [1.807, 2.05) is 18.2 Å². The fourth-order valence-electron chi connectivity index (χ4n) is 3.58. The summed E-state index contributed by atoms with van der Waals surface area (Å²) < 4.78 is 5.52. The van der Waals surface area contributed by atoms with Crippen LogP contribution in [0.5, 0.6) is 5.75 Å². The van der Waals surface area contributed by atoms with Crippen LogP contribution in [0.1, 0.15) is 35.2 Å². The highest BCUT2D eigenvalue weighted by Crippen LogP contribution is 2.30. The van der Waals surface area contributed by atoms with E-state index in [9.17, 15) is 15.0 Å². The summed E-state index contributed by atoms with van der Waals surface area (Å²) in [6, 6.07) is 10.5. The minimum atomic E-state index is -0.459. The number of aromatic nitrogens is 3. The summed E-state index contributed by atoms with van der Waals surface area (Å²) in [4.78, 5) is 24.9. The van der Waals surface area contributed by atoms with Crippen LogP contribution in [0.2, 0.25) is 0 Å². The average molecular weight is 481 g/mol. The van der Waals surface area contributed by atoms with Crippen molar-refractivity contribution in [1.82, 2.24) is 20.3 Å². The van der Waals surface area contributed by atoms with Gasteiger partial charge in [0.25, 0.3) is 5.91 Å². The van der Waals surface area contributed by atoms with Gasteiger partial charge in [-0.3, -0.25) is 4.79 Å². The number of aliphatic hydroxyl groups is 2. The van der Waals surface area contributed by atoms with Crippen LogP contribution < -0.4 is 20.7 Å². The predicted octanol–water partition coefficient (Wildman–Crippen LogP) is 2.28. The number of carbonyl (C=O) groups is 1. The first-order valence-electron chi connectivity index (χ1n) is 11.4. The highest BCUT2D eigenvalue weighted by atomic mass is 16.5. The molecular formula is C25H32N6O4. The molecule has 1 amide bonds. The van der Waals surface area contributed by atoms with E-state index >= 15 is 0 Å². The molecule has 5 N–H and O–H groups in total. The second-order valence-electron chi connectivity index (χ2n) is 8.08. The number of amides is 1. The number of aliphatic hydroxyl groups excluding tert-OH is 2. The number of pyridine rings is 1. The molecule has 10 heteroatoms. The Morgan fingerprint density at radius 2 is 1.86 bits per heavy atom. The van der Waals surface area contributed by atoms with Crippen molar-refractivity contribution in [1.29, 1.82) is 0 Å². The minimum Gasteiger partial charge on any atom is -0.496 e. The second kappa shape index (κ2) is 12.6. The van der Waals surface area contributed by atoms with Crippen LogP contribution in [0.3, 0.4) is 0 Å². The quantitative estimate of drug-likeness (QED) is 0.264. The molecule has 0 aliphatic heterocycles. The zero-order valence-corrected chi connectivity index (χ0v) is 20.2. The predicted molar refractivity (Wildman–Crippen MR) is 135 cm³/mol. The maximum Gasteiger partial charge on any atom is 0.251 e. The van der Waals surface area contributed by atoms with Gasteiger partial charge in [-0.15, -0.1) is 0 Å². The molecule has 0 aliphatic carbocycles. The second-order valence-corrected chi connectivity index (χ2v) is 8.08.